The Kier molecular flexibility index (Phi) is 3.23. The Morgan fingerprint density at radius 2 is 1.91 bits per heavy atom. The molecule has 3 heteroatoms. The first-order valence-electron chi connectivity index (χ1n) is 3.58. The third-order valence-corrected chi connectivity index (χ3v) is 1.42. The molecule has 0 aromatic carbocycles. The van der Waals surface area contributed by atoms with E-state index in [1.54, 1.807) is 6.92 Å². The fraction of sp³-hybridized carbons (Fsp3) is 0.750. The number of Topliss-reactive ketones (excluding diaryl/α,β-unsaturated/α-hetero) is 1. The van der Waals surface area contributed by atoms with Gasteiger partial charge >= 0.3 is 0 Å². The normalized spacial score (nSPS) is 13.3. The van der Waals surface area contributed by atoms with Gasteiger partial charge in [-0.05, 0) is 6.92 Å². The smallest absolute Gasteiger partial charge is 0.143 e. The molecule has 11 heavy (non-hydrogen) atoms. The number of carbonyl (C=O) groups excluding carboxylic acids is 1. The van der Waals surface area contributed by atoms with Gasteiger partial charge in [0.25, 0.3) is 0 Å². The van der Waals surface area contributed by atoms with Crippen molar-refractivity contribution in [3.8, 4) is 0 Å². The Balaban J connectivity index is 4.10. The number of nitrogens with zero attached hydrogens (tertiary/aromatic N) is 1. The maximum Gasteiger partial charge on any atom is 0.143 e. The maximum absolute atomic E-state index is 11.2. The number of oxime groups is 1. The molecular formula is C8H15NO2. The van der Waals surface area contributed by atoms with E-state index in [1.807, 2.05) is 20.8 Å². The van der Waals surface area contributed by atoms with Crippen molar-refractivity contribution in [2.45, 2.75) is 34.1 Å². The fourth-order valence-corrected chi connectivity index (χ4v) is 0.533. The van der Waals surface area contributed by atoms with Gasteiger partial charge in [-0.1, -0.05) is 25.9 Å². The minimum atomic E-state index is -0.341. The van der Waals surface area contributed by atoms with Gasteiger partial charge in [-0.25, -0.2) is 0 Å². The summed E-state index contributed by atoms with van der Waals surface area (Å²) >= 11 is 0. The third kappa shape index (κ3) is 3.75. The first kappa shape index (κ1) is 10.1. The Hall–Kier alpha value is -0.860. The van der Waals surface area contributed by atoms with Gasteiger partial charge in [0.1, 0.15) is 5.78 Å². The summed E-state index contributed by atoms with van der Waals surface area (Å²) in [5.41, 5.74) is 0.122. The lowest BCUT2D eigenvalue weighted by molar-refractivity contribution is -0.125. The second kappa shape index (κ2) is 3.51. The molecule has 1 N–H and O–H groups in total. The van der Waals surface area contributed by atoms with Crippen LogP contribution in [0.25, 0.3) is 0 Å². The second-order valence-corrected chi connectivity index (χ2v) is 3.69. The van der Waals surface area contributed by atoms with Crippen LogP contribution in [0, 0.1) is 5.41 Å². The highest BCUT2D eigenvalue weighted by Crippen LogP contribution is 2.16. The summed E-state index contributed by atoms with van der Waals surface area (Å²) in [4.78, 5) is 11.2. The van der Waals surface area contributed by atoms with Gasteiger partial charge in [0.2, 0.25) is 0 Å². The minimum Gasteiger partial charge on any atom is -0.411 e. The van der Waals surface area contributed by atoms with E-state index in [9.17, 15) is 4.79 Å². The van der Waals surface area contributed by atoms with Crippen LogP contribution in [0.1, 0.15) is 34.1 Å². The van der Waals surface area contributed by atoms with Gasteiger partial charge in [0, 0.05) is 11.8 Å². The predicted molar refractivity (Wildman–Crippen MR) is 44.0 cm³/mol. The third-order valence-electron chi connectivity index (χ3n) is 1.42. The lowest BCUT2D eigenvalue weighted by atomic mass is 9.88. The lowest BCUT2D eigenvalue weighted by Crippen LogP contribution is -2.22. The monoisotopic (exact) mass is 157 g/mol. The number of hydrogen-bond donors (Lipinski definition) is 1. The zero-order valence-corrected chi connectivity index (χ0v) is 7.51. The van der Waals surface area contributed by atoms with Gasteiger partial charge in [-0.15, -0.1) is 0 Å². The number of rotatable bonds is 2. The van der Waals surface area contributed by atoms with E-state index in [4.69, 9.17) is 5.21 Å². The van der Waals surface area contributed by atoms with Crippen molar-refractivity contribution < 1.29 is 10.0 Å². The predicted octanol–water partition coefficient (Wildman–Crippen LogP) is 1.84. The van der Waals surface area contributed by atoms with E-state index in [0.717, 1.165) is 0 Å². The van der Waals surface area contributed by atoms with Crippen molar-refractivity contribution in [3.05, 3.63) is 0 Å². The summed E-state index contributed by atoms with van der Waals surface area (Å²) < 4.78 is 0. The average Bonchev–Trinajstić information content (AvgIpc) is 1.85. The van der Waals surface area contributed by atoms with Gasteiger partial charge < -0.3 is 5.21 Å². The molecule has 0 aliphatic heterocycles. The second-order valence-electron chi connectivity index (χ2n) is 3.69. The molecule has 0 rings (SSSR count). The Bertz CT molecular complexity index is 177. The Morgan fingerprint density at radius 1 is 1.45 bits per heavy atom. The van der Waals surface area contributed by atoms with Gasteiger partial charge in [0.05, 0.1) is 5.71 Å². The highest BCUT2D eigenvalue weighted by atomic mass is 16.4. The van der Waals surface area contributed by atoms with E-state index >= 15 is 0 Å². The van der Waals surface area contributed by atoms with E-state index in [0.29, 0.717) is 5.71 Å². The first-order chi connectivity index (χ1) is 4.88. The van der Waals surface area contributed by atoms with Crippen molar-refractivity contribution in [3.63, 3.8) is 0 Å². The Labute approximate surface area is 67.1 Å². The molecule has 0 aromatic rings. The molecule has 0 bridgehead atoms. The number of carbonyl (C=O) groups is 1. The molecule has 0 radical (unpaired) electrons. The van der Waals surface area contributed by atoms with Crippen LogP contribution < -0.4 is 0 Å². The van der Waals surface area contributed by atoms with E-state index < -0.39 is 0 Å². The average molecular weight is 157 g/mol. The van der Waals surface area contributed by atoms with Crippen LogP contribution in [0.3, 0.4) is 0 Å². The molecule has 3 nitrogen and oxygen atoms in total. The lowest BCUT2D eigenvalue weighted by Gasteiger charge is -2.15. The molecular weight excluding hydrogens is 142 g/mol. The van der Waals surface area contributed by atoms with Crippen molar-refractivity contribution in [1.82, 2.24) is 0 Å². The molecule has 0 atom stereocenters. The van der Waals surface area contributed by atoms with Crippen LogP contribution in [0.15, 0.2) is 5.16 Å². The minimum absolute atomic E-state index is 0.0906. The molecule has 0 fully saturated rings. The zero-order valence-electron chi connectivity index (χ0n) is 7.51. The van der Waals surface area contributed by atoms with Crippen molar-refractivity contribution >= 4 is 11.5 Å². The molecule has 0 amide bonds. The van der Waals surface area contributed by atoms with E-state index in [-0.39, 0.29) is 17.6 Å². The van der Waals surface area contributed by atoms with Crippen LogP contribution in [-0.2, 0) is 4.79 Å². The van der Waals surface area contributed by atoms with Crippen LogP contribution in [-0.4, -0.2) is 16.7 Å². The van der Waals surface area contributed by atoms with E-state index in [2.05, 4.69) is 5.16 Å². The summed E-state index contributed by atoms with van der Waals surface area (Å²) in [6, 6.07) is 0. The molecule has 0 unspecified atom stereocenters. The van der Waals surface area contributed by atoms with Crippen LogP contribution >= 0.6 is 0 Å². The highest BCUT2D eigenvalue weighted by Gasteiger charge is 2.21. The fourth-order valence-electron chi connectivity index (χ4n) is 0.533. The number of hydrogen-bond acceptors (Lipinski definition) is 3. The quantitative estimate of drug-likeness (QED) is 0.377. The van der Waals surface area contributed by atoms with Crippen LogP contribution in [0.5, 0.6) is 0 Å². The largest absolute Gasteiger partial charge is 0.411 e. The first-order valence-corrected chi connectivity index (χ1v) is 3.58. The summed E-state index contributed by atoms with van der Waals surface area (Å²) in [7, 11) is 0. The molecule has 0 aliphatic carbocycles. The molecule has 64 valence electrons. The Morgan fingerprint density at radius 3 is 2.18 bits per heavy atom. The van der Waals surface area contributed by atoms with Crippen molar-refractivity contribution in [2.24, 2.45) is 10.6 Å². The molecule has 0 saturated carbocycles. The number of ketones is 1. The van der Waals surface area contributed by atoms with Gasteiger partial charge in [-0.2, -0.15) is 0 Å². The summed E-state index contributed by atoms with van der Waals surface area (Å²) in [6.07, 6.45) is 0.236. The maximum atomic E-state index is 11.2. The molecule has 0 aliphatic rings. The summed E-state index contributed by atoms with van der Waals surface area (Å²) in [6.45, 7) is 7.17. The molecule has 0 heterocycles. The molecule has 0 spiro atoms. The molecule has 0 saturated heterocycles. The van der Waals surface area contributed by atoms with Crippen LogP contribution in [0.2, 0.25) is 0 Å². The highest BCUT2D eigenvalue weighted by molar-refractivity contribution is 6.02. The standard InChI is InChI=1S/C8H15NO2/c1-6(9-11)5-7(10)8(2,3)4/h11H,5H2,1-4H3. The van der Waals surface area contributed by atoms with Crippen molar-refractivity contribution in [1.29, 1.82) is 0 Å². The van der Waals surface area contributed by atoms with E-state index in [1.165, 1.54) is 0 Å². The van der Waals surface area contributed by atoms with Gasteiger partial charge in [-0.3, -0.25) is 4.79 Å². The summed E-state index contributed by atoms with van der Waals surface area (Å²) in [5.74, 6) is 0.0906. The molecule has 0 aromatic heterocycles. The SMILES string of the molecule is CC(CC(=O)C(C)(C)C)=NO. The topological polar surface area (TPSA) is 49.7 Å². The zero-order chi connectivity index (χ0) is 9.07. The summed E-state index contributed by atoms with van der Waals surface area (Å²) in [5, 5.41) is 11.2. The van der Waals surface area contributed by atoms with Crippen molar-refractivity contribution in [2.75, 3.05) is 0 Å². The van der Waals surface area contributed by atoms with Gasteiger partial charge in [0.15, 0.2) is 0 Å². The van der Waals surface area contributed by atoms with Crippen LogP contribution in [0.4, 0.5) is 0 Å².